The van der Waals surface area contributed by atoms with Gasteiger partial charge in [-0.3, -0.25) is 9.59 Å². The highest BCUT2D eigenvalue weighted by molar-refractivity contribution is 6.04. The lowest BCUT2D eigenvalue weighted by atomic mass is 10.2. The van der Waals surface area contributed by atoms with Gasteiger partial charge in [0.25, 0.3) is 5.91 Å². The van der Waals surface area contributed by atoms with Gasteiger partial charge in [0.2, 0.25) is 0 Å². The van der Waals surface area contributed by atoms with Crippen molar-refractivity contribution in [1.82, 2.24) is 29.3 Å². The number of hydrogen-bond acceptors (Lipinski definition) is 6. The fourth-order valence-corrected chi connectivity index (χ4v) is 3.46. The minimum atomic E-state index is -0.288. The molecule has 0 bridgehead atoms. The Balaban J connectivity index is 1.39. The quantitative estimate of drug-likeness (QED) is 0.486. The molecule has 1 amide bonds. The van der Waals surface area contributed by atoms with Crippen molar-refractivity contribution in [3.8, 4) is 17.2 Å². The summed E-state index contributed by atoms with van der Waals surface area (Å²) >= 11 is 0. The number of aromatic nitrogens is 6. The summed E-state index contributed by atoms with van der Waals surface area (Å²) in [6.45, 7) is 1.80. The van der Waals surface area contributed by atoms with Crippen LogP contribution in [0, 0.1) is 6.92 Å². The summed E-state index contributed by atoms with van der Waals surface area (Å²) in [7, 11) is 0. The maximum atomic E-state index is 12.9. The summed E-state index contributed by atoms with van der Waals surface area (Å²) in [6, 6.07) is 12.9. The van der Waals surface area contributed by atoms with Crippen molar-refractivity contribution in [2.45, 2.75) is 25.8 Å². The molecule has 4 aromatic rings. The van der Waals surface area contributed by atoms with E-state index in [4.69, 9.17) is 0 Å². The molecule has 0 saturated heterocycles. The molecule has 5 rings (SSSR count). The number of rotatable bonds is 6. The zero-order valence-corrected chi connectivity index (χ0v) is 16.8. The number of imidazole rings is 1. The Kier molecular flexibility index (Phi) is 4.62. The smallest absolute Gasteiger partial charge is 0.256 e. The normalized spacial score (nSPS) is 13.2. The monoisotopic (exact) mass is 413 g/mol. The van der Waals surface area contributed by atoms with E-state index in [0.717, 1.165) is 18.5 Å². The number of pyridine rings is 1. The molecule has 154 valence electrons. The summed E-state index contributed by atoms with van der Waals surface area (Å²) in [4.78, 5) is 32.6. The lowest BCUT2D eigenvalue weighted by Gasteiger charge is -2.10. The summed E-state index contributed by atoms with van der Waals surface area (Å²) < 4.78 is 3.79. The van der Waals surface area contributed by atoms with E-state index in [0.29, 0.717) is 46.6 Å². The topological polar surface area (TPSA) is 108 Å². The lowest BCUT2D eigenvalue weighted by Crippen LogP contribution is -2.14. The first kappa shape index (κ1) is 18.9. The van der Waals surface area contributed by atoms with Crippen molar-refractivity contribution in [3.63, 3.8) is 0 Å². The van der Waals surface area contributed by atoms with Crippen LogP contribution < -0.4 is 5.32 Å². The fourth-order valence-electron chi connectivity index (χ4n) is 3.46. The van der Waals surface area contributed by atoms with Gasteiger partial charge in [0.05, 0.1) is 5.69 Å². The molecule has 1 aliphatic rings. The van der Waals surface area contributed by atoms with Crippen LogP contribution in [-0.2, 0) is 0 Å². The van der Waals surface area contributed by atoms with Gasteiger partial charge >= 0.3 is 0 Å². The Bertz CT molecular complexity index is 1290. The maximum absolute atomic E-state index is 12.9. The molecule has 0 radical (unpaired) electrons. The molecule has 0 atom stereocenters. The van der Waals surface area contributed by atoms with Gasteiger partial charge in [-0.25, -0.2) is 9.97 Å². The number of anilines is 1. The number of benzene rings is 1. The molecule has 0 unspecified atom stereocenters. The van der Waals surface area contributed by atoms with E-state index in [-0.39, 0.29) is 5.91 Å². The van der Waals surface area contributed by atoms with Crippen molar-refractivity contribution in [1.29, 1.82) is 0 Å². The standard InChI is InChI=1S/C22H19N7O2/c1-14-19(11-30)23-12-28(14)17-5-2-4-15(10-17)22(31)26-20-7-3-6-18(25-20)21-27-24-13-29(21)16-8-9-16/h2-7,10-13,16H,8-9H2,1H3,(H,25,26,31). The first-order chi connectivity index (χ1) is 15.1. The van der Waals surface area contributed by atoms with Crippen LogP contribution in [0.3, 0.4) is 0 Å². The predicted octanol–water partition coefficient (Wildman–Crippen LogP) is 3.23. The summed E-state index contributed by atoms with van der Waals surface area (Å²) in [6.07, 6.45) is 6.23. The summed E-state index contributed by atoms with van der Waals surface area (Å²) in [5.41, 5.74) is 2.94. The van der Waals surface area contributed by atoms with Crippen LogP contribution in [0.1, 0.15) is 45.4 Å². The van der Waals surface area contributed by atoms with Crippen molar-refractivity contribution in [2.24, 2.45) is 0 Å². The van der Waals surface area contributed by atoms with E-state index in [1.165, 1.54) is 0 Å². The average molecular weight is 413 g/mol. The van der Waals surface area contributed by atoms with Crippen LogP contribution in [0.25, 0.3) is 17.2 Å². The molecule has 1 aromatic carbocycles. The molecule has 1 saturated carbocycles. The Morgan fingerprint density at radius 1 is 1.16 bits per heavy atom. The third-order valence-electron chi connectivity index (χ3n) is 5.28. The van der Waals surface area contributed by atoms with Gasteiger partial charge in [-0.2, -0.15) is 0 Å². The van der Waals surface area contributed by atoms with Crippen LogP contribution >= 0.6 is 0 Å². The summed E-state index contributed by atoms with van der Waals surface area (Å²) in [5.74, 6) is 0.839. The molecule has 1 N–H and O–H groups in total. The number of nitrogens with one attached hydrogen (secondary N) is 1. The highest BCUT2D eigenvalue weighted by Crippen LogP contribution is 2.37. The highest BCUT2D eigenvalue weighted by atomic mass is 16.1. The second-order valence-electron chi connectivity index (χ2n) is 7.41. The second kappa shape index (κ2) is 7.60. The minimum Gasteiger partial charge on any atom is -0.309 e. The molecule has 0 aliphatic heterocycles. The number of aldehydes is 1. The van der Waals surface area contributed by atoms with E-state index in [1.807, 2.05) is 22.8 Å². The van der Waals surface area contributed by atoms with Crippen LogP contribution in [-0.4, -0.2) is 41.5 Å². The van der Waals surface area contributed by atoms with Crippen molar-refractivity contribution in [3.05, 3.63) is 72.1 Å². The van der Waals surface area contributed by atoms with Crippen LogP contribution in [0.5, 0.6) is 0 Å². The average Bonchev–Trinajstić information content (AvgIpc) is 3.39. The number of carbonyl (C=O) groups excluding carboxylic acids is 2. The third kappa shape index (κ3) is 3.61. The molecule has 9 heteroatoms. The van der Waals surface area contributed by atoms with Gasteiger partial charge < -0.3 is 14.5 Å². The number of hydrogen-bond donors (Lipinski definition) is 1. The van der Waals surface area contributed by atoms with E-state index in [2.05, 4.69) is 25.5 Å². The van der Waals surface area contributed by atoms with Crippen molar-refractivity contribution >= 4 is 18.0 Å². The van der Waals surface area contributed by atoms with E-state index < -0.39 is 0 Å². The molecule has 3 heterocycles. The van der Waals surface area contributed by atoms with Crippen molar-refractivity contribution < 1.29 is 9.59 Å². The van der Waals surface area contributed by atoms with E-state index in [1.54, 1.807) is 48.4 Å². The Morgan fingerprint density at radius 2 is 2.00 bits per heavy atom. The molecule has 3 aromatic heterocycles. The number of nitrogens with zero attached hydrogens (tertiary/aromatic N) is 6. The lowest BCUT2D eigenvalue weighted by molar-refractivity contribution is 0.102. The second-order valence-corrected chi connectivity index (χ2v) is 7.41. The van der Waals surface area contributed by atoms with Gasteiger partial charge in [-0.15, -0.1) is 10.2 Å². The molecular weight excluding hydrogens is 394 g/mol. The van der Waals surface area contributed by atoms with Gasteiger partial charge in [0, 0.05) is 17.3 Å². The number of amides is 1. The summed E-state index contributed by atoms with van der Waals surface area (Å²) in [5, 5.41) is 11.0. The van der Waals surface area contributed by atoms with Crippen LogP contribution in [0.2, 0.25) is 0 Å². The highest BCUT2D eigenvalue weighted by Gasteiger charge is 2.27. The fraction of sp³-hybridized carbons (Fsp3) is 0.182. The van der Waals surface area contributed by atoms with Crippen LogP contribution in [0.4, 0.5) is 5.82 Å². The van der Waals surface area contributed by atoms with E-state index in [9.17, 15) is 9.59 Å². The molecular formula is C22H19N7O2. The molecule has 1 aliphatic carbocycles. The third-order valence-corrected chi connectivity index (χ3v) is 5.28. The SMILES string of the molecule is Cc1c(C=O)ncn1-c1cccc(C(=O)Nc2cccc(-c3nncn3C3CC3)n2)c1. The Hall–Kier alpha value is -4.14. The van der Waals surface area contributed by atoms with E-state index >= 15 is 0 Å². The largest absolute Gasteiger partial charge is 0.309 e. The maximum Gasteiger partial charge on any atom is 0.256 e. The molecule has 31 heavy (non-hydrogen) atoms. The van der Waals surface area contributed by atoms with Gasteiger partial charge in [-0.05, 0) is 50.1 Å². The minimum absolute atomic E-state index is 0.288. The zero-order valence-electron chi connectivity index (χ0n) is 16.8. The van der Waals surface area contributed by atoms with Gasteiger partial charge in [0.15, 0.2) is 12.1 Å². The first-order valence-corrected chi connectivity index (χ1v) is 9.92. The molecule has 9 nitrogen and oxygen atoms in total. The zero-order chi connectivity index (χ0) is 21.4. The van der Waals surface area contributed by atoms with Gasteiger partial charge in [0.1, 0.15) is 29.9 Å². The Labute approximate surface area is 177 Å². The molecule has 1 fully saturated rings. The van der Waals surface area contributed by atoms with Crippen molar-refractivity contribution in [2.75, 3.05) is 5.32 Å². The van der Waals surface area contributed by atoms with Crippen LogP contribution in [0.15, 0.2) is 55.1 Å². The van der Waals surface area contributed by atoms with Gasteiger partial charge in [-0.1, -0.05) is 12.1 Å². The predicted molar refractivity (Wildman–Crippen MR) is 113 cm³/mol. The molecule has 0 spiro atoms. The number of carbonyl (C=O) groups is 2. The Morgan fingerprint density at radius 3 is 2.77 bits per heavy atom. The first-order valence-electron chi connectivity index (χ1n) is 9.92.